The first kappa shape index (κ1) is 11.3. The molecule has 0 saturated carbocycles. The summed E-state index contributed by atoms with van der Waals surface area (Å²) >= 11 is 0. The van der Waals surface area contributed by atoms with Gasteiger partial charge in [-0.2, -0.15) is 0 Å². The van der Waals surface area contributed by atoms with Crippen LogP contribution in [0.15, 0.2) is 35.3 Å². The lowest BCUT2D eigenvalue weighted by molar-refractivity contribution is 0.155. The number of ether oxygens (including phenoxy) is 1. The van der Waals surface area contributed by atoms with E-state index in [-0.39, 0.29) is 17.4 Å². The van der Waals surface area contributed by atoms with Gasteiger partial charge in [-0.25, -0.2) is 9.18 Å². The minimum Gasteiger partial charge on any atom is -0.449 e. The Labute approximate surface area is 96.2 Å². The van der Waals surface area contributed by atoms with Crippen LogP contribution in [0.2, 0.25) is 0 Å². The molecule has 88 valence electrons. The van der Waals surface area contributed by atoms with Gasteiger partial charge in [-0.1, -0.05) is 0 Å². The normalized spacial score (nSPS) is 10.5. The second-order valence-corrected chi connectivity index (χ2v) is 3.41. The van der Waals surface area contributed by atoms with Crippen molar-refractivity contribution in [3.8, 4) is 0 Å². The van der Waals surface area contributed by atoms with Crippen molar-refractivity contribution in [2.75, 3.05) is 6.61 Å². The van der Waals surface area contributed by atoms with Crippen molar-refractivity contribution in [1.82, 2.24) is 4.57 Å². The Morgan fingerprint density at radius 1 is 1.41 bits per heavy atom. The summed E-state index contributed by atoms with van der Waals surface area (Å²) in [4.78, 5) is 23.1. The number of pyridine rings is 1. The molecule has 1 aromatic carbocycles. The molecule has 0 amide bonds. The Bertz CT molecular complexity index is 633. The molecule has 2 rings (SSSR count). The molecule has 2 aromatic rings. The Morgan fingerprint density at radius 2 is 2.18 bits per heavy atom. The predicted octanol–water partition coefficient (Wildman–Crippen LogP) is 2.15. The lowest BCUT2D eigenvalue weighted by atomic mass is 10.2. The van der Waals surface area contributed by atoms with Gasteiger partial charge in [0.25, 0.3) is 0 Å². The topological polar surface area (TPSA) is 48.3 Å². The lowest BCUT2D eigenvalue weighted by Crippen LogP contribution is -2.17. The van der Waals surface area contributed by atoms with E-state index in [1.165, 1.54) is 29.0 Å². The zero-order chi connectivity index (χ0) is 12.4. The number of halogens is 1. The first-order valence-corrected chi connectivity index (χ1v) is 5.11. The number of hydrogen-bond donors (Lipinski definition) is 0. The molecule has 0 N–H and O–H groups in total. The van der Waals surface area contributed by atoms with Gasteiger partial charge in [0.2, 0.25) is 0 Å². The van der Waals surface area contributed by atoms with Crippen LogP contribution in [0.4, 0.5) is 9.18 Å². The van der Waals surface area contributed by atoms with Crippen molar-refractivity contribution in [3.05, 3.63) is 46.5 Å². The molecule has 4 nitrogen and oxygen atoms in total. The Balaban J connectivity index is 2.70. The fourth-order valence-electron chi connectivity index (χ4n) is 1.58. The van der Waals surface area contributed by atoms with Crippen LogP contribution in [-0.2, 0) is 4.74 Å². The molecule has 0 aliphatic heterocycles. The number of carbonyl (C=O) groups excluding carboxylic acids is 1. The monoisotopic (exact) mass is 235 g/mol. The van der Waals surface area contributed by atoms with Crippen LogP contribution < -0.4 is 5.43 Å². The van der Waals surface area contributed by atoms with Crippen molar-refractivity contribution < 1.29 is 13.9 Å². The molecular weight excluding hydrogens is 225 g/mol. The number of carbonyl (C=O) groups is 1. The van der Waals surface area contributed by atoms with Gasteiger partial charge in [0.15, 0.2) is 5.43 Å². The van der Waals surface area contributed by atoms with Gasteiger partial charge in [-0.3, -0.25) is 9.36 Å². The predicted molar refractivity (Wildman–Crippen MR) is 60.6 cm³/mol. The van der Waals surface area contributed by atoms with E-state index in [0.717, 1.165) is 6.07 Å². The van der Waals surface area contributed by atoms with E-state index in [1.807, 2.05) is 0 Å². The van der Waals surface area contributed by atoms with Crippen LogP contribution in [-0.4, -0.2) is 17.3 Å². The molecule has 1 heterocycles. The molecule has 0 bridgehead atoms. The third kappa shape index (κ3) is 2.04. The molecule has 0 fully saturated rings. The molecule has 0 aliphatic carbocycles. The quantitative estimate of drug-likeness (QED) is 0.760. The van der Waals surface area contributed by atoms with Gasteiger partial charge in [0.05, 0.1) is 12.1 Å². The first-order chi connectivity index (χ1) is 8.13. The fraction of sp³-hybridized carbons (Fsp3) is 0.167. The maximum absolute atomic E-state index is 13.0. The Morgan fingerprint density at radius 3 is 2.88 bits per heavy atom. The van der Waals surface area contributed by atoms with Gasteiger partial charge in [-0.05, 0) is 25.1 Å². The van der Waals surface area contributed by atoms with Crippen LogP contribution >= 0.6 is 0 Å². The van der Waals surface area contributed by atoms with Crippen LogP contribution in [0.1, 0.15) is 6.92 Å². The zero-order valence-electron chi connectivity index (χ0n) is 9.14. The van der Waals surface area contributed by atoms with Crippen molar-refractivity contribution in [2.45, 2.75) is 6.92 Å². The molecule has 0 unspecified atom stereocenters. The van der Waals surface area contributed by atoms with E-state index in [4.69, 9.17) is 4.74 Å². The van der Waals surface area contributed by atoms with E-state index >= 15 is 0 Å². The minimum atomic E-state index is -0.593. The molecular formula is C12H10FNO3. The highest BCUT2D eigenvalue weighted by Gasteiger charge is 2.10. The van der Waals surface area contributed by atoms with E-state index in [9.17, 15) is 14.0 Å². The molecule has 0 spiro atoms. The average Bonchev–Trinajstić information content (AvgIpc) is 2.30. The number of benzene rings is 1. The number of aromatic nitrogens is 1. The molecule has 0 atom stereocenters. The summed E-state index contributed by atoms with van der Waals surface area (Å²) in [5, 5.41) is 0.153. The van der Waals surface area contributed by atoms with E-state index in [1.54, 1.807) is 6.92 Å². The maximum Gasteiger partial charge on any atom is 0.418 e. The summed E-state index contributed by atoms with van der Waals surface area (Å²) < 4.78 is 19.0. The summed E-state index contributed by atoms with van der Waals surface area (Å²) in [7, 11) is 0. The van der Waals surface area contributed by atoms with Gasteiger partial charge < -0.3 is 4.74 Å². The highest BCUT2D eigenvalue weighted by Crippen LogP contribution is 2.12. The van der Waals surface area contributed by atoms with Crippen LogP contribution in [0.25, 0.3) is 10.9 Å². The standard InChI is InChI=1S/C12H10FNO3/c1-2-17-12(16)14-6-5-11(15)9-7-8(13)3-4-10(9)14/h3-7H,2H2,1H3. The number of rotatable bonds is 1. The van der Waals surface area contributed by atoms with Crippen LogP contribution in [0.3, 0.4) is 0 Å². The summed E-state index contributed by atoms with van der Waals surface area (Å²) in [6.45, 7) is 1.91. The van der Waals surface area contributed by atoms with Crippen molar-refractivity contribution in [2.24, 2.45) is 0 Å². The van der Waals surface area contributed by atoms with Gasteiger partial charge in [-0.15, -0.1) is 0 Å². The lowest BCUT2D eigenvalue weighted by Gasteiger charge is -2.08. The van der Waals surface area contributed by atoms with E-state index < -0.39 is 11.9 Å². The molecule has 5 heteroatoms. The highest BCUT2D eigenvalue weighted by molar-refractivity contribution is 5.87. The average molecular weight is 235 g/mol. The fourth-order valence-corrected chi connectivity index (χ4v) is 1.58. The molecule has 0 saturated heterocycles. The molecule has 0 aliphatic rings. The highest BCUT2D eigenvalue weighted by atomic mass is 19.1. The largest absolute Gasteiger partial charge is 0.449 e. The second-order valence-electron chi connectivity index (χ2n) is 3.41. The van der Waals surface area contributed by atoms with Gasteiger partial charge in [0.1, 0.15) is 5.82 Å². The third-order valence-corrected chi connectivity index (χ3v) is 2.32. The smallest absolute Gasteiger partial charge is 0.418 e. The number of hydrogen-bond acceptors (Lipinski definition) is 3. The van der Waals surface area contributed by atoms with Crippen LogP contribution in [0.5, 0.6) is 0 Å². The summed E-state index contributed by atoms with van der Waals surface area (Å²) in [5.74, 6) is -0.517. The number of fused-ring (bicyclic) bond motifs is 1. The van der Waals surface area contributed by atoms with Gasteiger partial charge >= 0.3 is 6.09 Å². The van der Waals surface area contributed by atoms with Gasteiger partial charge in [0, 0.05) is 17.6 Å². The minimum absolute atomic E-state index is 0.153. The zero-order valence-corrected chi connectivity index (χ0v) is 9.14. The summed E-state index contributed by atoms with van der Waals surface area (Å²) in [5.41, 5.74) is -0.00241. The third-order valence-electron chi connectivity index (χ3n) is 2.32. The van der Waals surface area contributed by atoms with E-state index in [0.29, 0.717) is 5.52 Å². The first-order valence-electron chi connectivity index (χ1n) is 5.11. The van der Waals surface area contributed by atoms with Crippen molar-refractivity contribution >= 4 is 17.0 Å². The summed E-state index contributed by atoms with van der Waals surface area (Å²) in [6, 6.07) is 4.88. The van der Waals surface area contributed by atoms with E-state index in [2.05, 4.69) is 0 Å². The molecule has 0 radical (unpaired) electrons. The number of nitrogens with zero attached hydrogens (tertiary/aromatic N) is 1. The Hall–Kier alpha value is -2.17. The van der Waals surface area contributed by atoms with Crippen molar-refractivity contribution in [1.29, 1.82) is 0 Å². The van der Waals surface area contributed by atoms with Crippen LogP contribution in [0, 0.1) is 5.82 Å². The molecule has 17 heavy (non-hydrogen) atoms. The SMILES string of the molecule is CCOC(=O)n1ccc(=O)c2cc(F)ccc21. The molecule has 1 aromatic heterocycles. The Kier molecular flexibility index (Phi) is 2.91. The van der Waals surface area contributed by atoms with Crippen molar-refractivity contribution in [3.63, 3.8) is 0 Å². The summed E-state index contributed by atoms with van der Waals surface area (Å²) in [6.07, 6.45) is 0.727. The second kappa shape index (κ2) is 4.37. The maximum atomic E-state index is 13.0.